The van der Waals surface area contributed by atoms with Gasteiger partial charge in [-0.1, -0.05) is 0 Å². The number of rotatable bonds is 3. The van der Waals surface area contributed by atoms with Crippen LogP contribution < -0.4 is 5.32 Å². The molecule has 2 N–H and O–H groups in total. The average molecular weight is 261 g/mol. The zero-order chi connectivity index (χ0) is 13.4. The zero-order valence-corrected chi connectivity index (χ0v) is 10.3. The lowest BCUT2D eigenvalue weighted by Gasteiger charge is -2.28. The summed E-state index contributed by atoms with van der Waals surface area (Å²) in [6.07, 6.45) is 7.10. The Kier molecular flexibility index (Phi) is 2.93. The summed E-state index contributed by atoms with van der Waals surface area (Å²) in [7, 11) is 0. The summed E-state index contributed by atoms with van der Waals surface area (Å²) in [5.74, 6) is -1.04. The van der Waals surface area contributed by atoms with E-state index in [4.69, 9.17) is 0 Å². The maximum absolute atomic E-state index is 12.1. The predicted molar refractivity (Wildman–Crippen MR) is 65.2 cm³/mol. The van der Waals surface area contributed by atoms with Crippen LogP contribution in [0, 0.1) is 17.8 Å². The van der Waals surface area contributed by atoms with Crippen molar-refractivity contribution in [1.82, 2.24) is 15.3 Å². The van der Waals surface area contributed by atoms with E-state index in [-0.39, 0.29) is 17.9 Å². The molecule has 6 nitrogen and oxygen atoms in total. The summed E-state index contributed by atoms with van der Waals surface area (Å²) in [6, 6.07) is -0.260. The number of nitrogens with one attached hydrogen (secondary N) is 1. The van der Waals surface area contributed by atoms with E-state index in [1.807, 2.05) is 0 Å². The summed E-state index contributed by atoms with van der Waals surface area (Å²) >= 11 is 0. The van der Waals surface area contributed by atoms with Crippen molar-refractivity contribution in [2.45, 2.75) is 25.3 Å². The van der Waals surface area contributed by atoms with E-state index in [1.165, 1.54) is 18.7 Å². The topological polar surface area (TPSA) is 92.2 Å². The van der Waals surface area contributed by atoms with Crippen molar-refractivity contribution in [3.05, 3.63) is 24.3 Å². The minimum atomic E-state index is -0.804. The van der Waals surface area contributed by atoms with Crippen LogP contribution in [0.4, 0.5) is 0 Å². The first kappa shape index (κ1) is 12.1. The van der Waals surface area contributed by atoms with Gasteiger partial charge in [-0.15, -0.1) is 0 Å². The number of fused-ring (bicyclic) bond motifs is 2. The fourth-order valence-corrected chi connectivity index (χ4v) is 3.51. The van der Waals surface area contributed by atoms with Crippen LogP contribution in [0.15, 0.2) is 18.7 Å². The number of carboxylic acids is 1. The molecular formula is C13H15N3O3. The fraction of sp³-hybridized carbons (Fsp3) is 0.538. The predicted octanol–water partition coefficient (Wildman–Crippen LogP) is 0.706. The number of carbonyl (C=O) groups excluding carboxylic acids is 1. The van der Waals surface area contributed by atoms with E-state index in [9.17, 15) is 14.7 Å². The van der Waals surface area contributed by atoms with Crippen LogP contribution in [0.1, 0.15) is 29.6 Å². The van der Waals surface area contributed by atoms with Crippen molar-refractivity contribution in [2.75, 3.05) is 0 Å². The highest BCUT2D eigenvalue weighted by atomic mass is 16.4. The molecule has 0 saturated heterocycles. The van der Waals surface area contributed by atoms with Gasteiger partial charge in [0.15, 0.2) is 0 Å². The summed E-state index contributed by atoms with van der Waals surface area (Å²) in [6.45, 7) is 0. The zero-order valence-electron chi connectivity index (χ0n) is 10.3. The molecule has 100 valence electrons. The molecule has 4 atom stereocenters. The van der Waals surface area contributed by atoms with Crippen molar-refractivity contribution in [3.63, 3.8) is 0 Å². The molecule has 2 saturated carbocycles. The average Bonchev–Trinajstić information content (AvgIpc) is 3.00. The molecule has 1 aromatic heterocycles. The Hall–Kier alpha value is -1.98. The second-order valence-corrected chi connectivity index (χ2v) is 5.32. The second kappa shape index (κ2) is 4.60. The molecule has 1 amide bonds. The van der Waals surface area contributed by atoms with Crippen LogP contribution in [0.5, 0.6) is 0 Å². The molecule has 1 aromatic rings. The van der Waals surface area contributed by atoms with Gasteiger partial charge in [0.1, 0.15) is 6.33 Å². The Morgan fingerprint density at radius 1 is 1.21 bits per heavy atom. The Morgan fingerprint density at radius 3 is 2.58 bits per heavy atom. The SMILES string of the molecule is O=C(NC1C2CCC(C2)C1C(=O)O)c1cncnc1. The Morgan fingerprint density at radius 2 is 1.89 bits per heavy atom. The van der Waals surface area contributed by atoms with Gasteiger partial charge in [-0.3, -0.25) is 9.59 Å². The summed E-state index contributed by atoms with van der Waals surface area (Å²) in [5.41, 5.74) is 0.370. The van der Waals surface area contributed by atoms with Gasteiger partial charge in [0, 0.05) is 18.4 Å². The summed E-state index contributed by atoms with van der Waals surface area (Å²) in [4.78, 5) is 31.0. The molecule has 1 heterocycles. The summed E-state index contributed by atoms with van der Waals surface area (Å²) in [5, 5.41) is 12.2. The first-order valence-electron chi connectivity index (χ1n) is 6.45. The smallest absolute Gasteiger partial charge is 0.308 e. The number of carbonyl (C=O) groups is 2. The van der Waals surface area contributed by atoms with Gasteiger partial charge in [0.25, 0.3) is 5.91 Å². The number of carboxylic acid groups (broad SMARTS) is 1. The third-order valence-corrected chi connectivity index (χ3v) is 4.32. The molecule has 6 heteroatoms. The van der Waals surface area contributed by atoms with Crippen LogP contribution >= 0.6 is 0 Å². The highest BCUT2D eigenvalue weighted by Gasteiger charge is 2.51. The van der Waals surface area contributed by atoms with Crippen molar-refractivity contribution >= 4 is 11.9 Å². The third kappa shape index (κ3) is 2.07. The molecular weight excluding hydrogens is 246 g/mol. The van der Waals surface area contributed by atoms with Crippen LogP contribution in [0.2, 0.25) is 0 Å². The van der Waals surface area contributed by atoms with Crippen LogP contribution in [0.3, 0.4) is 0 Å². The largest absolute Gasteiger partial charge is 0.481 e. The van der Waals surface area contributed by atoms with Gasteiger partial charge in [-0.05, 0) is 31.1 Å². The van der Waals surface area contributed by atoms with Gasteiger partial charge in [0.05, 0.1) is 11.5 Å². The first-order valence-corrected chi connectivity index (χ1v) is 6.45. The minimum Gasteiger partial charge on any atom is -0.481 e. The number of aromatic nitrogens is 2. The Balaban J connectivity index is 1.76. The van der Waals surface area contributed by atoms with E-state index < -0.39 is 11.9 Å². The van der Waals surface area contributed by atoms with Gasteiger partial charge in [-0.2, -0.15) is 0 Å². The normalized spacial score (nSPS) is 32.2. The quantitative estimate of drug-likeness (QED) is 0.835. The lowest BCUT2D eigenvalue weighted by atomic mass is 9.84. The van der Waals surface area contributed by atoms with Crippen molar-refractivity contribution in [3.8, 4) is 0 Å². The van der Waals surface area contributed by atoms with Gasteiger partial charge in [0.2, 0.25) is 0 Å². The second-order valence-electron chi connectivity index (χ2n) is 5.32. The van der Waals surface area contributed by atoms with E-state index in [0.29, 0.717) is 11.5 Å². The molecule has 2 aliphatic rings. The Bertz CT molecular complexity index is 505. The number of nitrogens with zero attached hydrogens (tertiary/aromatic N) is 2. The molecule has 2 bridgehead atoms. The maximum atomic E-state index is 12.1. The van der Waals surface area contributed by atoms with Crippen molar-refractivity contribution in [2.24, 2.45) is 17.8 Å². The molecule has 19 heavy (non-hydrogen) atoms. The lowest BCUT2D eigenvalue weighted by molar-refractivity contribution is -0.144. The highest BCUT2D eigenvalue weighted by molar-refractivity contribution is 5.94. The van der Waals surface area contributed by atoms with Gasteiger partial charge >= 0.3 is 5.97 Å². The highest BCUT2D eigenvalue weighted by Crippen LogP contribution is 2.48. The number of hydrogen-bond donors (Lipinski definition) is 2. The molecule has 2 aliphatic carbocycles. The van der Waals surface area contributed by atoms with Gasteiger partial charge < -0.3 is 10.4 Å². The van der Waals surface area contributed by atoms with Crippen LogP contribution in [0.25, 0.3) is 0 Å². The third-order valence-electron chi connectivity index (χ3n) is 4.32. The lowest BCUT2D eigenvalue weighted by Crippen LogP contribution is -2.46. The van der Waals surface area contributed by atoms with Crippen molar-refractivity contribution in [1.29, 1.82) is 0 Å². The monoisotopic (exact) mass is 261 g/mol. The van der Waals surface area contributed by atoms with E-state index >= 15 is 0 Å². The summed E-state index contributed by atoms with van der Waals surface area (Å²) < 4.78 is 0. The van der Waals surface area contributed by atoms with Crippen LogP contribution in [-0.4, -0.2) is 33.0 Å². The molecule has 4 unspecified atom stereocenters. The molecule has 0 aromatic carbocycles. The molecule has 0 spiro atoms. The number of amides is 1. The molecule has 0 radical (unpaired) electrons. The van der Waals surface area contributed by atoms with E-state index in [0.717, 1.165) is 19.3 Å². The van der Waals surface area contributed by atoms with E-state index in [1.54, 1.807) is 0 Å². The Labute approximate surface area is 110 Å². The standard InChI is InChI=1S/C13H15N3O3/c17-12(9-4-14-6-15-5-9)16-11-8-2-1-7(3-8)10(11)13(18)19/h4-8,10-11H,1-3H2,(H,16,17)(H,18,19). The first-order chi connectivity index (χ1) is 9.16. The van der Waals surface area contributed by atoms with E-state index in [2.05, 4.69) is 15.3 Å². The molecule has 2 fully saturated rings. The minimum absolute atomic E-state index is 0.208. The molecule has 3 rings (SSSR count). The van der Waals surface area contributed by atoms with Crippen LogP contribution in [-0.2, 0) is 4.79 Å². The number of aliphatic carboxylic acids is 1. The molecule has 0 aliphatic heterocycles. The fourth-order valence-electron chi connectivity index (χ4n) is 3.51. The van der Waals surface area contributed by atoms with Gasteiger partial charge in [-0.25, -0.2) is 9.97 Å². The number of hydrogen-bond acceptors (Lipinski definition) is 4. The maximum Gasteiger partial charge on any atom is 0.308 e. The van der Waals surface area contributed by atoms with Crippen molar-refractivity contribution < 1.29 is 14.7 Å².